The first kappa shape index (κ1) is 13.2. The van der Waals surface area contributed by atoms with Gasteiger partial charge in [-0.1, -0.05) is 0 Å². The number of nitrogens with one attached hydrogen (secondary N) is 1. The molecule has 1 N–H and O–H groups in total. The number of hydrogen-bond donors (Lipinski definition) is 1. The first-order valence-electron chi connectivity index (χ1n) is 5.77. The minimum atomic E-state index is -0.193. The van der Waals surface area contributed by atoms with Crippen LogP contribution in [0.15, 0.2) is 47.2 Å². The third-order valence-corrected chi connectivity index (χ3v) is 3.23. The molecule has 0 atom stereocenters. The lowest BCUT2D eigenvalue weighted by atomic mass is 10.1. The molecule has 0 saturated heterocycles. The molecule has 0 aliphatic heterocycles. The molecule has 1 amide bonds. The minimum Gasteiger partial charge on any atom is -0.323 e. The van der Waals surface area contributed by atoms with E-state index in [-0.39, 0.29) is 11.7 Å². The van der Waals surface area contributed by atoms with Crippen LogP contribution in [0.3, 0.4) is 0 Å². The number of carbonyl (C=O) groups is 2. The Kier molecular flexibility index (Phi) is 4.26. The summed E-state index contributed by atoms with van der Waals surface area (Å²) in [6.45, 7) is 1.51. The Morgan fingerprint density at radius 2 is 1.89 bits per heavy atom. The van der Waals surface area contributed by atoms with Crippen molar-refractivity contribution in [2.24, 2.45) is 0 Å². The number of thiophene rings is 1. The van der Waals surface area contributed by atoms with Crippen LogP contribution in [0.5, 0.6) is 0 Å². The van der Waals surface area contributed by atoms with E-state index >= 15 is 0 Å². The highest BCUT2D eigenvalue weighted by atomic mass is 32.1. The molecule has 2 rings (SSSR count). The van der Waals surface area contributed by atoms with Gasteiger partial charge in [0, 0.05) is 17.3 Å². The predicted octanol–water partition coefficient (Wildman–Crippen LogP) is 3.60. The Balaban J connectivity index is 1.97. The summed E-state index contributed by atoms with van der Waals surface area (Å²) in [5.41, 5.74) is 2.31. The molecule has 1 aromatic heterocycles. The summed E-state index contributed by atoms with van der Waals surface area (Å²) >= 11 is 1.58. The molecular weight excluding hydrogens is 258 g/mol. The summed E-state index contributed by atoms with van der Waals surface area (Å²) in [6.07, 6.45) is 3.25. The van der Waals surface area contributed by atoms with Crippen molar-refractivity contribution < 1.29 is 9.59 Å². The molecule has 3 nitrogen and oxygen atoms in total. The Hall–Kier alpha value is -2.20. The average molecular weight is 271 g/mol. The van der Waals surface area contributed by atoms with E-state index in [9.17, 15) is 9.59 Å². The van der Waals surface area contributed by atoms with Gasteiger partial charge in [0.2, 0.25) is 5.91 Å². The van der Waals surface area contributed by atoms with E-state index < -0.39 is 0 Å². The lowest BCUT2D eigenvalue weighted by Gasteiger charge is -2.02. The van der Waals surface area contributed by atoms with Crippen LogP contribution in [0.4, 0.5) is 5.69 Å². The zero-order valence-electron chi connectivity index (χ0n) is 10.4. The Morgan fingerprint density at radius 3 is 2.47 bits per heavy atom. The van der Waals surface area contributed by atoms with Crippen molar-refractivity contribution in [2.75, 3.05) is 5.32 Å². The molecule has 1 heterocycles. The maximum atomic E-state index is 11.7. The van der Waals surface area contributed by atoms with E-state index in [0.29, 0.717) is 11.3 Å². The third kappa shape index (κ3) is 3.89. The first-order chi connectivity index (χ1) is 9.15. The fourth-order valence-corrected chi connectivity index (χ4v) is 2.14. The van der Waals surface area contributed by atoms with Gasteiger partial charge in [0.15, 0.2) is 5.78 Å². The molecule has 0 saturated carbocycles. The highest BCUT2D eigenvalue weighted by molar-refractivity contribution is 7.08. The van der Waals surface area contributed by atoms with Gasteiger partial charge in [0.25, 0.3) is 0 Å². The SMILES string of the molecule is CC(=O)c1ccc(NC(=O)/C=C/c2ccsc2)cc1. The van der Waals surface area contributed by atoms with Gasteiger partial charge in [-0.25, -0.2) is 0 Å². The molecule has 1 aromatic carbocycles. The molecule has 0 aliphatic carbocycles. The number of anilines is 1. The number of ketones is 1. The van der Waals surface area contributed by atoms with Gasteiger partial charge in [-0.2, -0.15) is 11.3 Å². The second kappa shape index (κ2) is 6.11. The molecule has 96 valence electrons. The van der Waals surface area contributed by atoms with E-state index in [1.807, 2.05) is 16.8 Å². The van der Waals surface area contributed by atoms with Crippen LogP contribution in [0.25, 0.3) is 6.08 Å². The van der Waals surface area contributed by atoms with Crippen molar-refractivity contribution in [3.63, 3.8) is 0 Å². The van der Waals surface area contributed by atoms with Gasteiger partial charge in [0.05, 0.1) is 0 Å². The maximum absolute atomic E-state index is 11.7. The van der Waals surface area contributed by atoms with Crippen molar-refractivity contribution >= 4 is 34.8 Å². The number of rotatable bonds is 4. The molecule has 2 aromatic rings. The van der Waals surface area contributed by atoms with Crippen LogP contribution in [0.1, 0.15) is 22.8 Å². The first-order valence-corrected chi connectivity index (χ1v) is 6.72. The van der Waals surface area contributed by atoms with Gasteiger partial charge < -0.3 is 5.32 Å². The van der Waals surface area contributed by atoms with Crippen molar-refractivity contribution in [3.05, 3.63) is 58.3 Å². The summed E-state index contributed by atoms with van der Waals surface area (Å²) < 4.78 is 0. The van der Waals surface area contributed by atoms with E-state index in [0.717, 1.165) is 5.56 Å². The molecule has 0 bridgehead atoms. The fraction of sp³-hybridized carbons (Fsp3) is 0.0667. The second-order valence-electron chi connectivity index (χ2n) is 4.01. The van der Waals surface area contributed by atoms with Gasteiger partial charge in [-0.3, -0.25) is 9.59 Å². The third-order valence-electron chi connectivity index (χ3n) is 2.53. The second-order valence-corrected chi connectivity index (χ2v) is 4.79. The summed E-state index contributed by atoms with van der Waals surface area (Å²) in [4.78, 5) is 22.8. The van der Waals surface area contributed by atoms with E-state index in [1.165, 1.54) is 13.0 Å². The van der Waals surface area contributed by atoms with Crippen LogP contribution in [0, 0.1) is 0 Å². The minimum absolute atomic E-state index is 0.00947. The topological polar surface area (TPSA) is 46.2 Å². The lowest BCUT2D eigenvalue weighted by Crippen LogP contribution is -2.07. The number of Topliss-reactive ketones (excluding diaryl/α,β-unsaturated/α-hetero) is 1. The van der Waals surface area contributed by atoms with Crippen molar-refractivity contribution in [3.8, 4) is 0 Å². The summed E-state index contributed by atoms with van der Waals surface area (Å²) in [7, 11) is 0. The van der Waals surface area contributed by atoms with Gasteiger partial charge in [-0.05, 0) is 59.7 Å². The standard InChI is InChI=1S/C15H13NO2S/c1-11(17)13-3-5-14(6-4-13)16-15(18)7-2-12-8-9-19-10-12/h2-10H,1H3,(H,16,18)/b7-2+. The van der Waals surface area contributed by atoms with Crippen LogP contribution >= 0.6 is 11.3 Å². The number of benzene rings is 1. The van der Waals surface area contributed by atoms with Crippen molar-refractivity contribution in [1.82, 2.24) is 0 Å². The summed E-state index contributed by atoms with van der Waals surface area (Å²) in [5, 5.41) is 6.66. The largest absolute Gasteiger partial charge is 0.323 e. The maximum Gasteiger partial charge on any atom is 0.248 e. The molecular formula is C15H13NO2S. The quantitative estimate of drug-likeness (QED) is 0.682. The molecule has 0 spiro atoms. The van der Waals surface area contributed by atoms with Crippen LogP contribution in [-0.2, 0) is 4.79 Å². The Bertz CT molecular complexity index is 598. The molecule has 19 heavy (non-hydrogen) atoms. The normalized spacial score (nSPS) is 10.6. The summed E-state index contributed by atoms with van der Waals surface area (Å²) in [6, 6.07) is 8.76. The monoisotopic (exact) mass is 271 g/mol. The van der Waals surface area contributed by atoms with E-state index in [4.69, 9.17) is 0 Å². The average Bonchev–Trinajstić information content (AvgIpc) is 2.90. The van der Waals surface area contributed by atoms with Crippen molar-refractivity contribution in [1.29, 1.82) is 0 Å². The van der Waals surface area contributed by atoms with Crippen LogP contribution in [-0.4, -0.2) is 11.7 Å². The Labute approximate surface area is 115 Å². The zero-order valence-corrected chi connectivity index (χ0v) is 11.2. The highest BCUT2D eigenvalue weighted by Crippen LogP contribution is 2.11. The molecule has 0 aliphatic rings. The van der Waals surface area contributed by atoms with Crippen LogP contribution in [0.2, 0.25) is 0 Å². The van der Waals surface area contributed by atoms with Gasteiger partial charge in [-0.15, -0.1) is 0 Å². The van der Waals surface area contributed by atoms with Crippen LogP contribution < -0.4 is 5.32 Å². The van der Waals surface area contributed by atoms with Crippen molar-refractivity contribution in [2.45, 2.75) is 6.92 Å². The molecule has 0 radical (unpaired) electrons. The lowest BCUT2D eigenvalue weighted by molar-refractivity contribution is -0.111. The molecule has 0 unspecified atom stereocenters. The van der Waals surface area contributed by atoms with Gasteiger partial charge >= 0.3 is 0 Å². The van der Waals surface area contributed by atoms with E-state index in [1.54, 1.807) is 41.7 Å². The summed E-state index contributed by atoms with van der Waals surface area (Å²) in [5.74, 6) is -0.183. The number of hydrogen-bond acceptors (Lipinski definition) is 3. The Morgan fingerprint density at radius 1 is 1.16 bits per heavy atom. The zero-order chi connectivity index (χ0) is 13.7. The van der Waals surface area contributed by atoms with E-state index in [2.05, 4.69) is 5.32 Å². The smallest absolute Gasteiger partial charge is 0.248 e. The fourth-order valence-electron chi connectivity index (χ4n) is 1.51. The molecule has 0 fully saturated rings. The number of amides is 1. The number of carbonyl (C=O) groups excluding carboxylic acids is 2. The van der Waals surface area contributed by atoms with Gasteiger partial charge in [0.1, 0.15) is 0 Å². The predicted molar refractivity (Wildman–Crippen MR) is 78.4 cm³/mol. The molecule has 4 heteroatoms. The highest BCUT2D eigenvalue weighted by Gasteiger charge is 2.01.